The number of ether oxygens (including phenoxy) is 1. The van der Waals surface area contributed by atoms with Crippen molar-refractivity contribution in [2.24, 2.45) is 5.92 Å². The van der Waals surface area contributed by atoms with Crippen molar-refractivity contribution >= 4 is 11.8 Å². The molecule has 0 aliphatic carbocycles. The first-order valence-electron chi connectivity index (χ1n) is 9.59. The number of hydrogen-bond donors (Lipinski definition) is 2. The first kappa shape index (κ1) is 24.0. The van der Waals surface area contributed by atoms with Gasteiger partial charge >= 0.3 is 6.36 Å². The third kappa shape index (κ3) is 6.87. The SMILES string of the molecule is CNC(=O)c1cn(CCC(C)C)cc(C(=O)NCc2ccccc2OC(F)(F)F)c1=O. The quantitative estimate of drug-likeness (QED) is 0.662. The summed E-state index contributed by atoms with van der Waals surface area (Å²) in [7, 11) is 1.37. The van der Waals surface area contributed by atoms with Crippen LogP contribution in [0.5, 0.6) is 5.75 Å². The average molecular weight is 439 g/mol. The van der Waals surface area contributed by atoms with Gasteiger partial charge in [0.1, 0.15) is 16.9 Å². The molecule has 0 aliphatic heterocycles. The number of benzene rings is 1. The highest BCUT2D eigenvalue weighted by atomic mass is 19.4. The second kappa shape index (κ2) is 10.1. The molecule has 2 amide bonds. The van der Waals surface area contributed by atoms with Gasteiger partial charge in [-0.3, -0.25) is 14.4 Å². The normalized spacial score (nSPS) is 11.3. The molecule has 10 heteroatoms. The lowest BCUT2D eigenvalue weighted by molar-refractivity contribution is -0.274. The maximum atomic E-state index is 12.7. The number of aryl methyl sites for hydroxylation is 1. The van der Waals surface area contributed by atoms with Gasteiger partial charge in [0.15, 0.2) is 0 Å². The molecule has 2 rings (SSSR count). The summed E-state index contributed by atoms with van der Waals surface area (Å²) in [5, 5.41) is 4.79. The Morgan fingerprint density at radius 1 is 1.10 bits per heavy atom. The molecule has 0 radical (unpaired) electrons. The molecule has 0 unspecified atom stereocenters. The number of rotatable bonds is 8. The van der Waals surface area contributed by atoms with Crippen molar-refractivity contribution in [1.29, 1.82) is 0 Å². The highest BCUT2D eigenvalue weighted by Crippen LogP contribution is 2.26. The Bertz CT molecular complexity index is 1000. The summed E-state index contributed by atoms with van der Waals surface area (Å²) in [5.74, 6) is -1.55. The molecule has 1 aromatic carbocycles. The molecule has 0 spiro atoms. The second-order valence-corrected chi connectivity index (χ2v) is 7.25. The predicted molar refractivity (Wildman–Crippen MR) is 108 cm³/mol. The molecule has 31 heavy (non-hydrogen) atoms. The number of nitrogens with one attached hydrogen (secondary N) is 2. The number of carbonyl (C=O) groups is 2. The summed E-state index contributed by atoms with van der Waals surface area (Å²) in [4.78, 5) is 37.4. The summed E-state index contributed by atoms with van der Waals surface area (Å²) in [6.45, 7) is 4.19. The van der Waals surface area contributed by atoms with Crippen LogP contribution in [0.3, 0.4) is 0 Å². The molecule has 0 aliphatic rings. The highest BCUT2D eigenvalue weighted by Gasteiger charge is 2.32. The van der Waals surface area contributed by atoms with Gasteiger partial charge in [0.25, 0.3) is 11.8 Å². The fourth-order valence-corrected chi connectivity index (χ4v) is 2.77. The van der Waals surface area contributed by atoms with Gasteiger partial charge in [-0.2, -0.15) is 0 Å². The number of aromatic nitrogens is 1. The number of hydrogen-bond acceptors (Lipinski definition) is 4. The van der Waals surface area contributed by atoms with Crippen LogP contribution in [0.15, 0.2) is 41.5 Å². The molecule has 2 N–H and O–H groups in total. The number of pyridine rings is 1. The monoisotopic (exact) mass is 439 g/mol. The number of alkyl halides is 3. The van der Waals surface area contributed by atoms with Gasteiger partial charge in [0.2, 0.25) is 5.43 Å². The third-order valence-electron chi connectivity index (χ3n) is 4.40. The van der Waals surface area contributed by atoms with Crippen LogP contribution >= 0.6 is 0 Å². The smallest absolute Gasteiger partial charge is 0.405 e. The van der Waals surface area contributed by atoms with Gasteiger partial charge in [-0.1, -0.05) is 32.0 Å². The first-order chi connectivity index (χ1) is 14.5. The van der Waals surface area contributed by atoms with E-state index < -0.39 is 29.4 Å². The van der Waals surface area contributed by atoms with Crippen LogP contribution in [0.2, 0.25) is 0 Å². The zero-order chi connectivity index (χ0) is 23.2. The van der Waals surface area contributed by atoms with Crippen LogP contribution in [0.4, 0.5) is 13.2 Å². The molecule has 2 aromatic rings. The van der Waals surface area contributed by atoms with Gasteiger partial charge in [-0.15, -0.1) is 13.2 Å². The number of nitrogens with zero attached hydrogens (tertiary/aromatic N) is 1. The van der Waals surface area contributed by atoms with Crippen molar-refractivity contribution in [2.45, 2.75) is 39.7 Å². The molecule has 0 saturated heterocycles. The van der Waals surface area contributed by atoms with E-state index in [1.54, 1.807) is 4.57 Å². The van der Waals surface area contributed by atoms with Crippen molar-refractivity contribution in [3.8, 4) is 5.75 Å². The molecule has 1 aromatic heterocycles. The average Bonchev–Trinajstić information content (AvgIpc) is 2.70. The standard InChI is InChI=1S/C21H24F3N3O4/c1-13(2)8-9-27-11-15(19(29)25-3)18(28)16(12-27)20(30)26-10-14-6-4-5-7-17(14)31-21(22,23)24/h4-7,11-13H,8-10H2,1-3H3,(H,25,29)(H,26,30). The van der Waals surface area contributed by atoms with E-state index >= 15 is 0 Å². The summed E-state index contributed by atoms with van der Waals surface area (Å²) in [6, 6.07) is 5.35. The van der Waals surface area contributed by atoms with Crippen molar-refractivity contribution in [3.05, 3.63) is 63.6 Å². The number of halogens is 3. The Hall–Kier alpha value is -3.30. The summed E-state index contributed by atoms with van der Waals surface area (Å²) >= 11 is 0. The van der Waals surface area contributed by atoms with E-state index in [9.17, 15) is 27.6 Å². The Morgan fingerprint density at radius 2 is 1.71 bits per heavy atom. The molecular weight excluding hydrogens is 415 g/mol. The molecule has 0 bridgehead atoms. The van der Waals surface area contributed by atoms with Crippen molar-refractivity contribution in [2.75, 3.05) is 7.05 Å². The summed E-state index contributed by atoms with van der Waals surface area (Å²) in [6.07, 6.45) is -1.41. The van der Waals surface area contributed by atoms with E-state index in [1.807, 2.05) is 13.8 Å². The Labute approximate surface area is 177 Å². The maximum Gasteiger partial charge on any atom is 0.573 e. The minimum atomic E-state index is -4.88. The van der Waals surface area contributed by atoms with Crippen LogP contribution < -0.4 is 20.8 Å². The number of carbonyl (C=O) groups excluding carboxylic acids is 2. The second-order valence-electron chi connectivity index (χ2n) is 7.25. The predicted octanol–water partition coefficient (Wildman–Crippen LogP) is 3.08. The summed E-state index contributed by atoms with van der Waals surface area (Å²) < 4.78 is 43.3. The van der Waals surface area contributed by atoms with Crippen LogP contribution in [0.25, 0.3) is 0 Å². The molecule has 0 fully saturated rings. The molecule has 0 atom stereocenters. The lowest BCUT2D eigenvalue weighted by Gasteiger charge is -2.15. The Balaban J connectivity index is 2.30. The van der Waals surface area contributed by atoms with Gasteiger partial charge < -0.3 is 19.9 Å². The Kier molecular flexibility index (Phi) is 7.84. The lowest BCUT2D eigenvalue weighted by Crippen LogP contribution is -2.34. The van der Waals surface area contributed by atoms with E-state index in [0.29, 0.717) is 12.5 Å². The van der Waals surface area contributed by atoms with Crippen LogP contribution in [0.1, 0.15) is 46.5 Å². The van der Waals surface area contributed by atoms with E-state index in [0.717, 1.165) is 12.5 Å². The minimum Gasteiger partial charge on any atom is -0.405 e. The Morgan fingerprint density at radius 3 is 2.29 bits per heavy atom. The largest absolute Gasteiger partial charge is 0.573 e. The molecule has 168 valence electrons. The van der Waals surface area contributed by atoms with Gasteiger partial charge in [-0.25, -0.2) is 0 Å². The molecular formula is C21H24F3N3O4. The lowest BCUT2D eigenvalue weighted by atomic mass is 10.1. The van der Waals surface area contributed by atoms with Crippen LogP contribution in [0, 0.1) is 5.92 Å². The zero-order valence-electron chi connectivity index (χ0n) is 17.4. The van der Waals surface area contributed by atoms with Gasteiger partial charge in [0, 0.05) is 38.1 Å². The molecule has 0 saturated carbocycles. The fourth-order valence-electron chi connectivity index (χ4n) is 2.77. The van der Waals surface area contributed by atoms with Crippen molar-refractivity contribution in [1.82, 2.24) is 15.2 Å². The van der Waals surface area contributed by atoms with Gasteiger partial charge in [0.05, 0.1) is 0 Å². The first-order valence-corrected chi connectivity index (χ1v) is 9.59. The topological polar surface area (TPSA) is 89.4 Å². The van der Waals surface area contributed by atoms with E-state index in [2.05, 4.69) is 15.4 Å². The van der Waals surface area contributed by atoms with E-state index in [1.165, 1.54) is 37.6 Å². The fraction of sp³-hybridized carbons (Fsp3) is 0.381. The van der Waals surface area contributed by atoms with Crippen LogP contribution in [-0.4, -0.2) is 29.8 Å². The van der Waals surface area contributed by atoms with Gasteiger partial charge in [-0.05, 0) is 18.4 Å². The minimum absolute atomic E-state index is 0.0794. The number of para-hydroxylation sites is 1. The molecule has 7 nitrogen and oxygen atoms in total. The van der Waals surface area contributed by atoms with Crippen molar-refractivity contribution in [3.63, 3.8) is 0 Å². The van der Waals surface area contributed by atoms with Crippen LogP contribution in [-0.2, 0) is 13.1 Å². The summed E-state index contributed by atoms with van der Waals surface area (Å²) in [5.41, 5.74) is -1.16. The number of amides is 2. The third-order valence-corrected chi connectivity index (χ3v) is 4.40. The zero-order valence-corrected chi connectivity index (χ0v) is 17.4. The van der Waals surface area contributed by atoms with Crippen molar-refractivity contribution < 1.29 is 27.5 Å². The van der Waals surface area contributed by atoms with E-state index in [4.69, 9.17) is 0 Å². The maximum absolute atomic E-state index is 12.7. The highest BCUT2D eigenvalue weighted by molar-refractivity contribution is 5.99. The molecule has 1 heterocycles. The van der Waals surface area contributed by atoms with E-state index in [-0.39, 0.29) is 23.2 Å².